The summed E-state index contributed by atoms with van der Waals surface area (Å²) in [5.41, 5.74) is 3.68. The quantitative estimate of drug-likeness (QED) is 0.267. The van der Waals surface area contributed by atoms with Crippen LogP contribution in [0.25, 0.3) is 0 Å². The average Bonchev–Trinajstić information content (AvgIpc) is 3.04. The molecule has 0 bridgehead atoms. The second kappa shape index (κ2) is 11.6. The molecule has 1 heterocycles. The van der Waals surface area contributed by atoms with Crippen LogP contribution in [0.4, 0.5) is 5.69 Å². The molecule has 2 aromatic carbocycles. The van der Waals surface area contributed by atoms with Gasteiger partial charge in [0.15, 0.2) is 0 Å². The Labute approximate surface area is 231 Å². The van der Waals surface area contributed by atoms with Crippen LogP contribution in [-0.2, 0) is 24.3 Å². The van der Waals surface area contributed by atoms with Gasteiger partial charge in [-0.05, 0) is 94.0 Å². The molecule has 0 spiro atoms. The lowest BCUT2D eigenvalue weighted by molar-refractivity contribution is -0.122. The number of hydrogen-bond donors (Lipinski definition) is 0. The van der Waals surface area contributed by atoms with Gasteiger partial charge < -0.3 is 4.74 Å². The summed E-state index contributed by atoms with van der Waals surface area (Å²) in [6.45, 7) is 9.34. The molecule has 2 fully saturated rings. The second-order valence-electron chi connectivity index (χ2n) is 10.6. The third-order valence-electron chi connectivity index (χ3n) is 8.08. The summed E-state index contributed by atoms with van der Waals surface area (Å²) in [5.74, 6) is -1.52. The number of carbonyl (C=O) groups excluding carboxylic acids is 3. The molecular formula is C30H38N2O6S. The van der Waals surface area contributed by atoms with E-state index in [1.54, 1.807) is 20.8 Å². The molecule has 0 N–H and O–H groups in total. The van der Waals surface area contributed by atoms with Gasteiger partial charge in [-0.15, -0.1) is 0 Å². The van der Waals surface area contributed by atoms with Gasteiger partial charge in [-0.3, -0.25) is 9.59 Å². The van der Waals surface area contributed by atoms with Crippen LogP contribution >= 0.6 is 0 Å². The molecule has 1 saturated carbocycles. The van der Waals surface area contributed by atoms with Crippen LogP contribution in [0, 0.1) is 27.7 Å². The monoisotopic (exact) mass is 554 g/mol. The van der Waals surface area contributed by atoms with Gasteiger partial charge in [0.2, 0.25) is 15.9 Å². The number of hydrogen-bond acceptors (Lipinski definition) is 6. The molecule has 39 heavy (non-hydrogen) atoms. The molecule has 0 radical (unpaired) electrons. The van der Waals surface area contributed by atoms with Crippen molar-refractivity contribution in [3.8, 4) is 0 Å². The number of anilines is 1. The molecule has 1 saturated heterocycles. The average molecular weight is 555 g/mol. The van der Waals surface area contributed by atoms with Crippen molar-refractivity contribution in [2.75, 3.05) is 11.5 Å². The van der Waals surface area contributed by atoms with E-state index in [4.69, 9.17) is 4.74 Å². The highest BCUT2D eigenvalue weighted by molar-refractivity contribution is 7.89. The Morgan fingerprint density at radius 3 is 2.05 bits per heavy atom. The first-order valence-electron chi connectivity index (χ1n) is 13.7. The van der Waals surface area contributed by atoms with Gasteiger partial charge in [0.05, 0.1) is 29.2 Å². The molecule has 2 aromatic rings. The van der Waals surface area contributed by atoms with Crippen LogP contribution in [0.2, 0.25) is 0 Å². The Hall–Kier alpha value is -3.04. The van der Waals surface area contributed by atoms with Gasteiger partial charge in [-0.2, -0.15) is 4.31 Å². The van der Waals surface area contributed by atoms with E-state index in [0.717, 1.165) is 41.7 Å². The van der Waals surface area contributed by atoms with Crippen molar-refractivity contribution in [2.24, 2.45) is 0 Å². The molecule has 1 atom stereocenters. The van der Waals surface area contributed by atoms with Gasteiger partial charge in [-0.25, -0.2) is 18.1 Å². The zero-order valence-corrected chi connectivity index (χ0v) is 24.3. The first kappa shape index (κ1) is 29.0. The summed E-state index contributed by atoms with van der Waals surface area (Å²) in [4.78, 5) is 40.5. The fourth-order valence-corrected chi connectivity index (χ4v) is 8.26. The van der Waals surface area contributed by atoms with Gasteiger partial charge in [0, 0.05) is 6.04 Å². The van der Waals surface area contributed by atoms with Crippen molar-refractivity contribution in [2.45, 2.75) is 96.5 Å². The van der Waals surface area contributed by atoms with E-state index >= 15 is 0 Å². The van der Waals surface area contributed by atoms with Crippen LogP contribution in [0.15, 0.2) is 35.2 Å². The minimum atomic E-state index is -4.12. The Kier molecular flexibility index (Phi) is 8.61. The molecular weight excluding hydrogens is 516 g/mol. The third-order valence-corrected chi connectivity index (χ3v) is 10.3. The summed E-state index contributed by atoms with van der Waals surface area (Å²) < 4.78 is 35.5. The highest BCUT2D eigenvalue weighted by Crippen LogP contribution is 2.37. The molecule has 8 nitrogen and oxygen atoms in total. The maximum Gasteiger partial charge on any atom is 0.338 e. The Bertz CT molecular complexity index is 1350. The van der Waals surface area contributed by atoms with Crippen LogP contribution in [-0.4, -0.2) is 49.2 Å². The van der Waals surface area contributed by atoms with E-state index in [-0.39, 0.29) is 24.0 Å². The van der Waals surface area contributed by atoms with Gasteiger partial charge >= 0.3 is 5.97 Å². The number of esters is 1. The number of benzene rings is 2. The van der Waals surface area contributed by atoms with Crippen molar-refractivity contribution in [3.63, 3.8) is 0 Å². The lowest BCUT2D eigenvalue weighted by atomic mass is 10.0. The predicted molar refractivity (Wildman–Crippen MR) is 149 cm³/mol. The minimum Gasteiger partial charge on any atom is -0.462 e. The zero-order chi connectivity index (χ0) is 28.5. The van der Waals surface area contributed by atoms with E-state index < -0.39 is 33.8 Å². The first-order chi connectivity index (χ1) is 18.5. The normalized spacial score (nSPS) is 19.0. The molecule has 210 valence electrons. The topological polar surface area (TPSA) is 101 Å². The Morgan fingerprint density at radius 2 is 1.51 bits per heavy atom. The van der Waals surface area contributed by atoms with Gasteiger partial charge in [0.25, 0.3) is 5.91 Å². The van der Waals surface area contributed by atoms with Gasteiger partial charge in [-0.1, -0.05) is 31.7 Å². The lowest BCUT2D eigenvalue weighted by Gasteiger charge is -2.35. The number of amides is 2. The molecule has 1 aliphatic heterocycles. The summed E-state index contributed by atoms with van der Waals surface area (Å²) in [6, 6.07) is 6.53. The smallest absolute Gasteiger partial charge is 0.338 e. The standard InChI is InChI=1S/C30H38N2O6S/c1-6-38-30(35)23-13-15-24(16-14-23)31-27(33)18-26(29(31)34)32(25-11-9-7-8-10-12-25)39(36,37)28-21(4)19(2)17-20(3)22(28)5/h13-17,25-26H,6-12,18H2,1-5H3. The van der Waals surface area contributed by atoms with Crippen molar-refractivity contribution < 1.29 is 27.5 Å². The van der Waals surface area contributed by atoms with E-state index in [1.807, 2.05) is 19.9 Å². The van der Waals surface area contributed by atoms with Crippen LogP contribution in [0.5, 0.6) is 0 Å². The molecule has 2 amide bonds. The number of rotatable bonds is 7. The summed E-state index contributed by atoms with van der Waals surface area (Å²) in [6.07, 6.45) is 4.84. The van der Waals surface area contributed by atoms with Gasteiger partial charge in [0.1, 0.15) is 6.04 Å². The number of ether oxygens (including phenoxy) is 1. The maximum atomic E-state index is 14.5. The molecule has 0 aromatic heterocycles. The second-order valence-corrected chi connectivity index (χ2v) is 12.4. The molecule has 1 aliphatic carbocycles. The number of sulfonamides is 1. The summed E-state index contributed by atoms with van der Waals surface area (Å²) >= 11 is 0. The molecule has 9 heteroatoms. The predicted octanol–water partition coefficient (Wildman–Crippen LogP) is 5.14. The number of imide groups is 1. The molecule has 4 rings (SSSR count). The van der Waals surface area contributed by atoms with Crippen molar-refractivity contribution in [1.82, 2.24) is 4.31 Å². The van der Waals surface area contributed by atoms with E-state index in [1.165, 1.54) is 28.6 Å². The number of carbonyl (C=O) groups is 3. The summed E-state index contributed by atoms with van der Waals surface area (Å²) in [7, 11) is -4.12. The van der Waals surface area contributed by atoms with E-state index in [2.05, 4.69) is 0 Å². The largest absolute Gasteiger partial charge is 0.462 e. The maximum absolute atomic E-state index is 14.5. The fraction of sp³-hybridized carbons (Fsp3) is 0.500. The number of aryl methyl sites for hydroxylation is 2. The van der Waals surface area contributed by atoms with E-state index in [0.29, 0.717) is 35.2 Å². The highest BCUT2D eigenvalue weighted by Gasteiger charge is 2.50. The van der Waals surface area contributed by atoms with E-state index in [9.17, 15) is 22.8 Å². The third kappa shape index (κ3) is 5.52. The summed E-state index contributed by atoms with van der Waals surface area (Å²) in [5, 5.41) is 0. The fourth-order valence-electron chi connectivity index (χ4n) is 5.85. The Balaban J connectivity index is 1.77. The Morgan fingerprint density at radius 1 is 0.949 bits per heavy atom. The first-order valence-corrected chi connectivity index (χ1v) is 15.2. The van der Waals surface area contributed by atoms with Crippen molar-refractivity contribution >= 4 is 33.5 Å². The highest BCUT2D eigenvalue weighted by atomic mass is 32.2. The lowest BCUT2D eigenvalue weighted by Crippen LogP contribution is -2.51. The van der Waals surface area contributed by atoms with Crippen LogP contribution < -0.4 is 4.90 Å². The molecule has 2 aliphatic rings. The minimum absolute atomic E-state index is 0.225. The van der Waals surface area contributed by atoms with Crippen molar-refractivity contribution in [3.05, 3.63) is 58.1 Å². The SMILES string of the molecule is CCOC(=O)c1ccc(N2C(=O)CC(N(C3CCCCCC3)S(=O)(=O)c3c(C)c(C)cc(C)c3C)C2=O)cc1. The number of nitrogens with zero attached hydrogens (tertiary/aromatic N) is 2. The van der Waals surface area contributed by atoms with Crippen LogP contribution in [0.3, 0.4) is 0 Å². The zero-order valence-electron chi connectivity index (χ0n) is 23.5. The molecule has 1 unspecified atom stereocenters. The van der Waals surface area contributed by atoms with Crippen LogP contribution in [0.1, 0.15) is 84.5 Å². The van der Waals surface area contributed by atoms with Crippen molar-refractivity contribution in [1.29, 1.82) is 0 Å².